The molecular weight excluding hydrogens is 332 g/mol. The molecule has 7 heteroatoms. The Balaban J connectivity index is 1.79. The molecule has 0 saturated carbocycles. The number of nitrogens with zero attached hydrogens (tertiary/aromatic N) is 3. The molecular formula is C12H12BrClN4O. The van der Waals surface area contributed by atoms with Crippen molar-refractivity contribution in [1.29, 1.82) is 0 Å². The topological polar surface area (TPSA) is 59.8 Å². The lowest BCUT2D eigenvalue weighted by molar-refractivity contribution is 0.0952. The first kappa shape index (κ1) is 14.0. The summed E-state index contributed by atoms with van der Waals surface area (Å²) in [7, 11) is 0. The van der Waals surface area contributed by atoms with Crippen molar-refractivity contribution >= 4 is 33.4 Å². The molecule has 0 unspecified atom stereocenters. The molecule has 19 heavy (non-hydrogen) atoms. The van der Waals surface area contributed by atoms with Crippen LogP contribution in [0.25, 0.3) is 0 Å². The second kappa shape index (κ2) is 6.68. The largest absolute Gasteiger partial charge is 0.352 e. The predicted molar refractivity (Wildman–Crippen MR) is 76.1 cm³/mol. The zero-order valence-corrected chi connectivity index (χ0v) is 12.4. The van der Waals surface area contributed by atoms with Gasteiger partial charge < -0.3 is 5.32 Å². The molecule has 5 nitrogen and oxygen atoms in total. The van der Waals surface area contributed by atoms with E-state index in [9.17, 15) is 4.79 Å². The number of amides is 1. The predicted octanol–water partition coefficient (Wildman–Crippen LogP) is 2.51. The first-order chi connectivity index (χ1) is 9.16. The minimum absolute atomic E-state index is 0.115. The van der Waals surface area contributed by atoms with Crippen LogP contribution in [0.5, 0.6) is 0 Å². The molecule has 0 fully saturated rings. The van der Waals surface area contributed by atoms with E-state index in [1.165, 1.54) is 0 Å². The summed E-state index contributed by atoms with van der Waals surface area (Å²) in [4.78, 5) is 11.9. The van der Waals surface area contributed by atoms with E-state index in [1.807, 2.05) is 0 Å². The van der Waals surface area contributed by atoms with Gasteiger partial charge in [-0.3, -0.25) is 9.48 Å². The Hall–Kier alpha value is -1.40. The number of hydrogen-bond donors (Lipinski definition) is 1. The van der Waals surface area contributed by atoms with E-state index < -0.39 is 0 Å². The van der Waals surface area contributed by atoms with Crippen LogP contribution in [0.3, 0.4) is 0 Å². The molecule has 2 rings (SSSR count). The molecule has 0 atom stereocenters. The lowest BCUT2D eigenvalue weighted by atomic mass is 10.2. The third-order valence-corrected chi connectivity index (χ3v) is 3.72. The minimum Gasteiger partial charge on any atom is -0.352 e. The molecule has 1 aromatic carbocycles. The molecule has 0 radical (unpaired) electrons. The normalized spacial score (nSPS) is 10.4. The summed E-state index contributed by atoms with van der Waals surface area (Å²) in [5.41, 5.74) is 0.581. The van der Waals surface area contributed by atoms with Gasteiger partial charge in [0.05, 0.1) is 11.2 Å². The number of rotatable bonds is 5. The Bertz CT molecular complexity index is 559. The van der Waals surface area contributed by atoms with Crippen molar-refractivity contribution in [2.75, 3.05) is 6.54 Å². The SMILES string of the molecule is O=C(NCCCn1ccnn1)c1ccc(Cl)c(Br)c1. The van der Waals surface area contributed by atoms with E-state index in [4.69, 9.17) is 11.6 Å². The second-order valence-corrected chi connectivity index (χ2v) is 5.17. The highest BCUT2D eigenvalue weighted by molar-refractivity contribution is 9.10. The highest BCUT2D eigenvalue weighted by atomic mass is 79.9. The molecule has 0 aliphatic heterocycles. The smallest absolute Gasteiger partial charge is 0.251 e. The van der Waals surface area contributed by atoms with Gasteiger partial charge >= 0.3 is 0 Å². The summed E-state index contributed by atoms with van der Waals surface area (Å²) >= 11 is 9.17. The molecule has 0 bridgehead atoms. The highest BCUT2D eigenvalue weighted by Crippen LogP contribution is 2.23. The summed E-state index contributed by atoms with van der Waals surface area (Å²) in [6.07, 6.45) is 4.21. The molecule has 0 aliphatic rings. The van der Waals surface area contributed by atoms with Gasteiger partial charge in [-0.15, -0.1) is 5.10 Å². The van der Waals surface area contributed by atoms with E-state index in [-0.39, 0.29) is 5.91 Å². The molecule has 0 spiro atoms. The maximum atomic E-state index is 11.9. The molecule has 0 aliphatic carbocycles. The number of nitrogens with one attached hydrogen (secondary N) is 1. The minimum atomic E-state index is -0.115. The number of aromatic nitrogens is 3. The maximum absolute atomic E-state index is 11.9. The Kier molecular flexibility index (Phi) is 4.93. The van der Waals surface area contributed by atoms with E-state index in [2.05, 4.69) is 31.6 Å². The van der Waals surface area contributed by atoms with Gasteiger partial charge in [0.1, 0.15) is 0 Å². The quantitative estimate of drug-likeness (QED) is 0.849. The molecule has 100 valence electrons. The van der Waals surface area contributed by atoms with Gasteiger partial charge in [-0.05, 0) is 40.5 Å². The summed E-state index contributed by atoms with van der Waals surface area (Å²) in [5, 5.41) is 11.0. The lowest BCUT2D eigenvalue weighted by Gasteiger charge is -2.06. The van der Waals surface area contributed by atoms with Crippen LogP contribution in [0.4, 0.5) is 0 Å². The van der Waals surface area contributed by atoms with Gasteiger partial charge in [-0.1, -0.05) is 16.8 Å². The average Bonchev–Trinajstić information content (AvgIpc) is 2.91. The summed E-state index contributed by atoms with van der Waals surface area (Å²) in [6, 6.07) is 5.09. The standard InChI is InChI=1S/C12H12BrClN4O/c13-10-8-9(2-3-11(10)14)12(19)15-4-1-6-18-7-5-16-17-18/h2-3,5,7-8H,1,4,6H2,(H,15,19). The fourth-order valence-electron chi connectivity index (χ4n) is 1.53. The average molecular weight is 344 g/mol. The Morgan fingerprint density at radius 3 is 3.00 bits per heavy atom. The number of hydrogen-bond acceptors (Lipinski definition) is 3. The number of halogens is 2. The monoisotopic (exact) mass is 342 g/mol. The number of carbonyl (C=O) groups is 1. The number of carbonyl (C=O) groups excluding carboxylic acids is 1. The van der Waals surface area contributed by atoms with Crippen LogP contribution in [0.2, 0.25) is 5.02 Å². The summed E-state index contributed by atoms with van der Waals surface area (Å²) in [5.74, 6) is -0.115. The van der Waals surface area contributed by atoms with Gasteiger partial charge in [0, 0.05) is 29.3 Å². The van der Waals surface area contributed by atoms with Crippen molar-refractivity contribution in [2.24, 2.45) is 0 Å². The van der Waals surface area contributed by atoms with Gasteiger partial charge in [-0.25, -0.2) is 0 Å². The second-order valence-electron chi connectivity index (χ2n) is 3.90. The Morgan fingerprint density at radius 1 is 1.47 bits per heavy atom. The summed E-state index contributed by atoms with van der Waals surface area (Å²) in [6.45, 7) is 1.31. The van der Waals surface area contributed by atoms with Crippen LogP contribution in [0, 0.1) is 0 Å². The van der Waals surface area contributed by atoms with Crippen molar-refractivity contribution in [2.45, 2.75) is 13.0 Å². The number of benzene rings is 1. The van der Waals surface area contributed by atoms with Crippen molar-refractivity contribution in [1.82, 2.24) is 20.3 Å². The van der Waals surface area contributed by atoms with E-state index >= 15 is 0 Å². The van der Waals surface area contributed by atoms with Crippen LogP contribution < -0.4 is 5.32 Å². The van der Waals surface area contributed by atoms with Gasteiger partial charge in [0.25, 0.3) is 5.91 Å². The Labute approximate surface area is 124 Å². The first-order valence-corrected chi connectivity index (χ1v) is 6.91. The van der Waals surface area contributed by atoms with Gasteiger partial charge in [0.15, 0.2) is 0 Å². The molecule has 1 amide bonds. The van der Waals surface area contributed by atoms with E-state index in [0.717, 1.165) is 13.0 Å². The van der Waals surface area contributed by atoms with Crippen LogP contribution in [-0.2, 0) is 6.54 Å². The molecule has 1 heterocycles. The zero-order chi connectivity index (χ0) is 13.7. The fraction of sp³-hybridized carbons (Fsp3) is 0.250. The third kappa shape index (κ3) is 4.04. The first-order valence-electron chi connectivity index (χ1n) is 5.74. The van der Waals surface area contributed by atoms with Crippen molar-refractivity contribution in [3.8, 4) is 0 Å². The van der Waals surface area contributed by atoms with Crippen molar-refractivity contribution in [3.05, 3.63) is 45.7 Å². The van der Waals surface area contributed by atoms with Gasteiger partial charge in [0.2, 0.25) is 0 Å². The van der Waals surface area contributed by atoms with Crippen molar-refractivity contribution in [3.63, 3.8) is 0 Å². The van der Waals surface area contributed by atoms with Crippen LogP contribution in [0.1, 0.15) is 16.8 Å². The number of aryl methyl sites for hydroxylation is 1. The molecule has 1 N–H and O–H groups in total. The van der Waals surface area contributed by atoms with Crippen LogP contribution in [-0.4, -0.2) is 27.4 Å². The lowest BCUT2D eigenvalue weighted by Crippen LogP contribution is -2.25. The molecule has 0 saturated heterocycles. The van der Waals surface area contributed by atoms with Crippen LogP contribution >= 0.6 is 27.5 Å². The van der Waals surface area contributed by atoms with E-state index in [1.54, 1.807) is 35.3 Å². The van der Waals surface area contributed by atoms with E-state index in [0.29, 0.717) is 21.6 Å². The van der Waals surface area contributed by atoms with Crippen molar-refractivity contribution < 1.29 is 4.79 Å². The Morgan fingerprint density at radius 2 is 2.32 bits per heavy atom. The molecule has 1 aromatic heterocycles. The highest BCUT2D eigenvalue weighted by Gasteiger charge is 2.07. The molecule has 2 aromatic rings. The summed E-state index contributed by atoms with van der Waals surface area (Å²) < 4.78 is 2.44. The maximum Gasteiger partial charge on any atom is 0.251 e. The fourth-order valence-corrected chi connectivity index (χ4v) is 2.03. The van der Waals surface area contributed by atoms with Gasteiger partial charge in [-0.2, -0.15) is 0 Å². The zero-order valence-electron chi connectivity index (χ0n) is 10.0. The van der Waals surface area contributed by atoms with Crippen LogP contribution in [0.15, 0.2) is 35.1 Å². The third-order valence-electron chi connectivity index (χ3n) is 2.50.